The highest BCUT2D eigenvalue weighted by molar-refractivity contribution is 7.89. The number of carbonyl (C=O) groups excluding carboxylic acids is 1. The van der Waals surface area contributed by atoms with Gasteiger partial charge >= 0.3 is 0 Å². The molecule has 2 aliphatic rings. The van der Waals surface area contributed by atoms with Gasteiger partial charge in [0.1, 0.15) is 5.72 Å². The maximum atomic E-state index is 13.7. The van der Waals surface area contributed by atoms with Gasteiger partial charge in [0.25, 0.3) is 0 Å². The molecule has 29 heavy (non-hydrogen) atoms. The number of hydrogen-bond donors (Lipinski definition) is 1. The quantitative estimate of drug-likeness (QED) is 0.742. The maximum absolute atomic E-state index is 13.7. The molecular weight excluding hydrogens is 392 g/mol. The van der Waals surface area contributed by atoms with Gasteiger partial charge in [0.2, 0.25) is 10.0 Å². The van der Waals surface area contributed by atoms with E-state index < -0.39 is 15.7 Å². The summed E-state index contributed by atoms with van der Waals surface area (Å²) in [5, 5.41) is 0. The normalized spacial score (nSPS) is 22.9. The van der Waals surface area contributed by atoms with Crippen molar-refractivity contribution < 1.29 is 17.9 Å². The van der Waals surface area contributed by atoms with Crippen LogP contribution in [0.15, 0.2) is 41.7 Å². The van der Waals surface area contributed by atoms with E-state index in [0.29, 0.717) is 31.4 Å². The van der Waals surface area contributed by atoms with E-state index in [9.17, 15) is 13.2 Å². The van der Waals surface area contributed by atoms with E-state index in [1.165, 1.54) is 19.1 Å². The number of H-pyrrole nitrogens is 1. The zero-order valence-electron chi connectivity index (χ0n) is 16.7. The molecule has 2 aliphatic heterocycles. The Morgan fingerprint density at radius 2 is 1.97 bits per heavy atom. The molecule has 1 atom stereocenters. The van der Waals surface area contributed by atoms with Gasteiger partial charge in [-0.1, -0.05) is 12.1 Å². The van der Waals surface area contributed by atoms with Gasteiger partial charge in [-0.15, -0.1) is 0 Å². The van der Waals surface area contributed by atoms with Crippen LogP contribution in [0.2, 0.25) is 0 Å². The summed E-state index contributed by atoms with van der Waals surface area (Å²) in [6, 6.07) is 5.84. The number of imidazole rings is 1. The summed E-state index contributed by atoms with van der Waals surface area (Å²) < 4.78 is 35.2. The number of hydrogen-bond acceptors (Lipinski definition) is 6. The summed E-state index contributed by atoms with van der Waals surface area (Å²) in [7, 11) is -1.78. The van der Waals surface area contributed by atoms with Crippen molar-refractivity contribution in [1.29, 1.82) is 0 Å². The molecule has 1 spiro atoms. The van der Waals surface area contributed by atoms with E-state index in [-0.39, 0.29) is 16.7 Å². The van der Waals surface area contributed by atoms with Crippen molar-refractivity contribution in [3.05, 3.63) is 48.0 Å². The van der Waals surface area contributed by atoms with Crippen molar-refractivity contribution in [2.45, 2.75) is 42.8 Å². The molecule has 1 N–H and O–H groups in total. The molecular formula is C20H26N4O4S. The number of likely N-dealkylation sites (tertiary alicyclic amines) is 1. The second kappa shape index (κ2) is 7.64. The smallest absolute Gasteiger partial charge is 0.245 e. The number of ketones is 1. The monoisotopic (exact) mass is 418 g/mol. The average Bonchev–Trinajstić information content (AvgIpc) is 3.33. The third kappa shape index (κ3) is 3.75. The SMILES string of the molecule is CC(=O)c1ccc(S(=O)(=O)N2C(Cc3cnc[nH]3)COC23CCN(C)CC3)cc1. The molecule has 1 aromatic carbocycles. The van der Waals surface area contributed by atoms with Gasteiger partial charge in [-0.3, -0.25) is 4.79 Å². The summed E-state index contributed by atoms with van der Waals surface area (Å²) in [4.78, 5) is 21.0. The number of sulfonamides is 1. The Hall–Kier alpha value is -2.07. The van der Waals surface area contributed by atoms with Crippen molar-refractivity contribution in [2.75, 3.05) is 26.7 Å². The molecule has 2 aromatic rings. The van der Waals surface area contributed by atoms with Crippen LogP contribution < -0.4 is 0 Å². The lowest BCUT2D eigenvalue weighted by atomic mass is 10.0. The first kappa shape index (κ1) is 20.2. The molecule has 4 rings (SSSR count). The molecule has 0 saturated carbocycles. The van der Waals surface area contributed by atoms with Crippen molar-refractivity contribution in [1.82, 2.24) is 19.2 Å². The fourth-order valence-corrected chi connectivity index (χ4v) is 6.14. The van der Waals surface area contributed by atoms with Gasteiger partial charge in [0.05, 0.1) is 23.9 Å². The standard InChI is InChI=1S/C20H26N4O4S/c1-15(25)16-3-5-19(6-4-16)29(26,27)24-18(11-17-12-21-14-22-17)13-28-20(24)7-9-23(2)10-8-20/h3-6,12,14,18H,7-11,13H2,1-2H3,(H,21,22). The summed E-state index contributed by atoms with van der Waals surface area (Å²) in [5.74, 6) is -0.0950. The van der Waals surface area contributed by atoms with E-state index >= 15 is 0 Å². The van der Waals surface area contributed by atoms with Crippen molar-refractivity contribution >= 4 is 15.8 Å². The minimum absolute atomic E-state index is 0.0950. The van der Waals surface area contributed by atoms with Crippen LogP contribution in [-0.2, 0) is 21.2 Å². The van der Waals surface area contributed by atoms with Gasteiger partial charge in [-0.2, -0.15) is 4.31 Å². The second-order valence-corrected chi connectivity index (χ2v) is 9.69. The fourth-order valence-electron chi connectivity index (χ4n) is 4.23. The number of aromatic amines is 1. The second-order valence-electron chi connectivity index (χ2n) is 7.88. The van der Waals surface area contributed by atoms with Gasteiger partial charge in [-0.25, -0.2) is 13.4 Å². The van der Waals surface area contributed by atoms with Crippen LogP contribution >= 0.6 is 0 Å². The van der Waals surface area contributed by atoms with Crippen LogP contribution in [0, 0.1) is 0 Å². The van der Waals surface area contributed by atoms with Crippen molar-refractivity contribution in [3.8, 4) is 0 Å². The van der Waals surface area contributed by atoms with Gasteiger partial charge in [-0.05, 0) is 26.1 Å². The molecule has 0 amide bonds. The lowest BCUT2D eigenvalue weighted by molar-refractivity contribution is -0.0883. The zero-order chi connectivity index (χ0) is 20.6. The van der Waals surface area contributed by atoms with Crippen LogP contribution in [0.1, 0.15) is 35.8 Å². The third-order valence-electron chi connectivity index (χ3n) is 5.87. The number of piperidine rings is 1. The largest absolute Gasteiger partial charge is 0.358 e. The summed E-state index contributed by atoms with van der Waals surface area (Å²) in [6.07, 6.45) is 5.05. The predicted molar refractivity (Wildman–Crippen MR) is 107 cm³/mol. The van der Waals surface area contributed by atoms with E-state index in [2.05, 4.69) is 14.9 Å². The molecule has 1 aromatic heterocycles. The number of rotatable bonds is 5. The Bertz CT molecular complexity index is 964. The topological polar surface area (TPSA) is 95.6 Å². The van der Waals surface area contributed by atoms with Crippen LogP contribution in [0.25, 0.3) is 0 Å². The lowest BCUT2D eigenvalue weighted by Gasteiger charge is -2.43. The van der Waals surface area contributed by atoms with E-state index in [1.54, 1.807) is 29.0 Å². The Morgan fingerprint density at radius 1 is 1.28 bits per heavy atom. The molecule has 9 heteroatoms. The highest BCUT2D eigenvalue weighted by Crippen LogP contribution is 2.41. The molecule has 0 radical (unpaired) electrons. The third-order valence-corrected chi connectivity index (χ3v) is 7.89. The molecule has 2 fully saturated rings. The van der Waals surface area contributed by atoms with Crippen LogP contribution in [-0.4, -0.2) is 71.9 Å². The molecule has 1 unspecified atom stereocenters. The summed E-state index contributed by atoms with van der Waals surface area (Å²) >= 11 is 0. The van der Waals surface area contributed by atoms with Gasteiger partial charge < -0.3 is 14.6 Å². The highest BCUT2D eigenvalue weighted by Gasteiger charge is 2.54. The van der Waals surface area contributed by atoms with Crippen LogP contribution in [0.5, 0.6) is 0 Å². The Balaban J connectivity index is 1.71. The zero-order valence-corrected chi connectivity index (χ0v) is 17.5. The van der Waals surface area contributed by atoms with Gasteiger partial charge in [0, 0.05) is 49.8 Å². The lowest BCUT2D eigenvalue weighted by Crippen LogP contribution is -2.56. The number of Topliss-reactive ketones (excluding diaryl/α,β-unsaturated/α-hetero) is 1. The van der Waals surface area contributed by atoms with Crippen LogP contribution in [0.4, 0.5) is 0 Å². The van der Waals surface area contributed by atoms with E-state index in [4.69, 9.17) is 4.74 Å². The van der Waals surface area contributed by atoms with E-state index in [1.807, 2.05) is 7.05 Å². The Labute approximate surface area is 170 Å². The number of nitrogens with one attached hydrogen (secondary N) is 1. The molecule has 0 bridgehead atoms. The molecule has 0 aliphatic carbocycles. The first-order valence-electron chi connectivity index (χ1n) is 9.77. The first-order chi connectivity index (χ1) is 13.8. The number of aromatic nitrogens is 2. The summed E-state index contributed by atoms with van der Waals surface area (Å²) in [6.45, 7) is 3.34. The predicted octanol–water partition coefficient (Wildman–Crippen LogP) is 1.67. The first-order valence-corrected chi connectivity index (χ1v) is 11.2. The molecule has 3 heterocycles. The average molecular weight is 419 g/mol. The number of benzene rings is 1. The molecule has 2 saturated heterocycles. The number of ether oxygens (including phenoxy) is 1. The van der Waals surface area contributed by atoms with Crippen molar-refractivity contribution in [3.63, 3.8) is 0 Å². The maximum Gasteiger partial charge on any atom is 0.245 e. The minimum Gasteiger partial charge on any atom is -0.358 e. The van der Waals surface area contributed by atoms with E-state index in [0.717, 1.165) is 18.8 Å². The van der Waals surface area contributed by atoms with Gasteiger partial charge in [0.15, 0.2) is 5.78 Å². The van der Waals surface area contributed by atoms with Crippen LogP contribution in [0.3, 0.4) is 0 Å². The Kier molecular flexibility index (Phi) is 5.32. The minimum atomic E-state index is -3.81. The number of carbonyl (C=O) groups is 1. The van der Waals surface area contributed by atoms with Crippen molar-refractivity contribution in [2.24, 2.45) is 0 Å². The number of nitrogens with zero attached hydrogens (tertiary/aromatic N) is 3. The Morgan fingerprint density at radius 3 is 2.55 bits per heavy atom. The molecule has 156 valence electrons. The fraction of sp³-hybridized carbons (Fsp3) is 0.500. The molecule has 8 nitrogen and oxygen atoms in total. The highest BCUT2D eigenvalue weighted by atomic mass is 32.2. The summed E-state index contributed by atoms with van der Waals surface area (Å²) in [5.41, 5.74) is 0.523.